The topological polar surface area (TPSA) is 83.6 Å². The number of hydrogen-bond acceptors (Lipinski definition) is 5. The molecule has 1 saturated heterocycles. The fraction of sp³-hybridized carbons (Fsp3) is 0.400. The molecule has 2 aromatic rings. The van der Waals surface area contributed by atoms with E-state index < -0.39 is 5.97 Å². The average Bonchev–Trinajstić information content (AvgIpc) is 3.16. The predicted octanol–water partition coefficient (Wildman–Crippen LogP) is 2.79. The Hall–Kier alpha value is -2.15. The van der Waals surface area contributed by atoms with Crippen molar-refractivity contribution in [3.63, 3.8) is 0 Å². The third-order valence-corrected chi connectivity index (χ3v) is 4.58. The number of amides is 1. The second-order valence-corrected chi connectivity index (χ2v) is 6.20. The Morgan fingerprint density at radius 1 is 1.50 bits per heavy atom. The summed E-state index contributed by atoms with van der Waals surface area (Å²) in [6.45, 7) is 2.44. The van der Waals surface area contributed by atoms with Crippen molar-refractivity contribution < 1.29 is 19.1 Å². The Labute approximate surface area is 131 Å². The number of aliphatic carboxylic acids is 1. The number of carboxylic acids is 1. The number of likely N-dealkylation sites (tertiary alicyclic amines) is 1. The van der Waals surface area contributed by atoms with E-state index in [0.717, 1.165) is 18.6 Å². The van der Waals surface area contributed by atoms with E-state index in [2.05, 4.69) is 4.98 Å². The summed E-state index contributed by atoms with van der Waals surface area (Å²) >= 11 is 1.35. The summed E-state index contributed by atoms with van der Waals surface area (Å²) in [6, 6.07) is 3.44. The minimum atomic E-state index is -0.880. The summed E-state index contributed by atoms with van der Waals surface area (Å²) in [5, 5.41) is 11.3. The van der Waals surface area contributed by atoms with E-state index in [0.29, 0.717) is 23.0 Å². The average molecular weight is 320 g/mol. The van der Waals surface area contributed by atoms with Crippen LogP contribution in [0.3, 0.4) is 0 Å². The number of carboxylic acid groups (broad SMARTS) is 1. The van der Waals surface area contributed by atoms with Gasteiger partial charge in [-0.3, -0.25) is 9.59 Å². The largest absolute Gasteiger partial charge is 0.481 e. The van der Waals surface area contributed by atoms with Crippen LogP contribution in [-0.4, -0.2) is 39.5 Å². The van der Waals surface area contributed by atoms with E-state index in [9.17, 15) is 9.59 Å². The van der Waals surface area contributed by atoms with E-state index in [4.69, 9.17) is 9.52 Å². The van der Waals surface area contributed by atoms with Crippen molar-refractivity contribution in [3.05, 3.63) is 29.0 Å². The molecule has 3 heterocycles. The van der Waals surface area contributed by atoms with Gasteiger partial charge in [0.15, 0.2) is 10.8 Å². The highest BCUT2D eigenvalue weighted by atomic mass is 32.1. The molecule has 1 N–H and O–H groups in total. The molecular formula is C15H16N2O4S. The molecule has 2 aromatic heterocycles. The molecule has 3 rings (SSSR count). The van der Waals surface area contributed by atoms with Crippen LogP contribution in [0.5, 0.6) is 0 Å². The van der Waals surface area contributed by atoms with Crippen LogP contribution in [0.25, 0.3) is 10.8 Å². The highest BCUT2D eigenvalue weighted by Gasteiger charge is 2.32. The van der Waals surface area contributed by atoms with E-state index in [1.807, 2.05) is 19.1 Å². The van der Waals surface area contributed by atoms with Crippen molar-refractivity contribution >= 4 is 23.2 Å². The monoisotopic (exact) mass is 320 g/mol. The molecule has 0 aromatic carbocycles. The van der Waals surface area contributed by atoms with Gasteiger partial charge >= 0.3 is 5.97 Å². The van der Waals surface area contributed by atoms with Crippen molar-refractivity contribution in [1.82, 2.24) is 9.88 Å². The third-order valence-electron chi connectivity index (χ3n) is 3.72. The van der Waals surface area contributed by atoms with Gasteiger partial charge in [-0.1, -0.05) is 0 Å². The second-order valence-electron chi connectivity index (χ2n) is 5.34. The SMILES string of the molecule is Cc1ccc(-c2nc(C(=O)N3CCCC3CC(=O)O)cs2)o1. The standard InChI is InChI=1S/C15H16N2O4S/c1-9-4-5-12(21-9)14-16-11(8-22-14)15(20)17-6-2-3-10(17)7-13(18)19/h4-5,8,10H,2-3,6-7H2,1H3,(H,18,19). The van der Waals surface area contributed by atoms with Crippen molar-refractivity contribution in [2.45, 2.75) is 32.2 Å². The Bertz CT molecular complexity index is 706. The first-order chi connectivity index (χ1) is 10.5. The zero-order valence-electron chi connectivity index (χ0n) is 12.1. The van der Waals surface area contributed by atoms with E-state index in [-0.39, 0.29) is 18.4 Å². The zero-order valence-corrected chi connectivity index (χ0v) is 12.9. The fourth-order valence-corrected chi connectivity index (χ4v) is 3.45. The Morgan fingerprint density at radius 3 is 3.00 bits per heavy atom. The normalized spacial score (nSPS) is 17.9. The lowest BCUT2D eigenvalue weighted by molar-refractivity contribution is -0.137. The molecule has 1 fully saturated rings. The van der Waals surface area contributed by atoms with Crippen molar-refractivity contribution in [2.24, 2.45) is 0 Å². The molecule has 22 heavy (non-hydrogen) atoms. The van der Waals surface area contributed by atoms with Gasteiger partial charge in [-0.2, -0.15) is 0 Å². The van der Waals surface area contributed by atoms with Crippen molar-refractivity contribution in [3.8, 4) is 10.8 Å². The van der Waals surface area contributed by atoms with Gasteiger partial charge in [-0.15, -0.1) is 11.3 Å². The highest BCUT2D eigenvalue weighted by molar-refractivity contribution is 7.13. The maximum absolute atomic E-state index is 12.5. The molecule has 6 nitrogen and oxygen atoms in total. The molecule has 1 atom stereocenters. The van der Waals surface area contributed by atoms with Crippen LogP contribution < -0.4 is 0 Å². The minimum Gasteiger partial charge on any atom is -0.481 e. The zero-order chi connectivity index (χ0) is 15.7. The van der Waals surface area contributed by atoms with Gasteiger partial charge in [-0.25, -0.2) is 4.98 Å². The number of hydrogen-bond donors (Lipinski definition) is 1. The molecule has 1 aliphatic rings. The first-order valence-electron chi connectivity index (χ1n) is 7.09. The number of aromatic nitrogens is 1. The smallest absolute Gasteiger partial charge is 0.305 e. The molecule has 1 amide bonds. The van der Waals surface area contributed by atoms with Crippen LogP contribution in [0.4, 0.5) is 0 Å². The van der Waals surface area contributed by atoms with E-state index >= 15 is 0 Å². The predicted molar refractivity (Wildman–Crippen MR) is 80.9 cm³/mol. The van der Waals surface area contributed by atoms with Gasteiger partial charge in [0.1, 0.15) is 11.5 Å². The van der Waals surface area contributed by atoms with Gasteiger partial charge in [-0.05, 0) is 31.9 Å². The molecule has 0 spiro atoms. The molecule has 0 radical (unpaired) electrons. The Morgan fingerprint density at radius 2 is 2.32 bits per heavy atom. The number of thiazole rings is 1. The lowest BCUT2D eigenvalue weighted by Crippen LogP contribution is -2.37. The molecule has 0 bridgehead atoms. The maximum atomic E-state index is 12.5. The van der Waals surface area contributed by atoms with Gasteiger partial charge < -0.3 is 14.4 Å². The summed E-state index contributed by atoms with van der Waals surface area (Å²) in [6.07, 6.45) is 1.55. The summed E-state index contributed by atoms with van der Waals surface area (Å²) in [5.74, 6) is 0.355. The van der Waals surface area contributed by atoms with Crippen LogP contribution >= 0.6 is 11.3 Å². The van der Waals surface area contributed by atoms with Crippen LogP contribution in [0.15, 0.2) is 21.9 Å². The molecule has 116 valence electrons. The van der Waals surface area contributed by atoms with Gasteiger partial charge in [0, 0.05) is 18.0 Å². The summed E-state index contributed by atoms with van der Waals surface area (Å²) in [7, 11) is 0. The lowest BCUT2D eigenvalue weighted by Gasteiger charge is -2.22. The number of nitrogens with zero attached hydrogens (tertiary/aromatic N) is 2. The van der Waals surface area contributed by atoms with Crippen LogP contribution in [0.1, 0.15) is 35.5 Å². The number of carbonyl (C=O) groups excluding carboxylic acids is 1. The molecule has 0 aliphatic carbocycles. The molecular weight excluding hydrogens is 304 g/mol. The van der Waals surface area contributed by atoms with Gasteiger partial charge in [0.25, 0.3) is 5.91 Å². The number of aryl methyl sites for hydroxylation is 1. The number of rotatable bonds is 4. The van der Waals surface area contributed by atoms with Crippen molar-refractivity contribution in [1.29, 1.82) is 0 Å². The molecule has 7 heteroatoms. The van der Waals surface area contributed by atoms with Crippen LogP contribution in [0, 0.1) is 6.92 Å². The number of furan rings is 1. The summed E-state index contributed by atoms with van der Waals surface area (Å²) < 4.78 is 5.51. The van der Waals surface area contributed by atoms with Crippen molar-refractivity contribution in [2.75, 3.05) is 6.54 Å². The minimum absolute atomic E-state index is 0.0138. The quantitative estimate of drug-likeness (QED) is 0.936. The molecule has 1 unspecified atom stereocenters. The van der Waals surface area contributed by atoms with E-state index in [1.165, 1.54) is 11.3 Å². The lowest BCUT2D eigenvalue weighted by atomic mass is 10.1. The molecule has 1 aliphatic heterocycles. The fourth-order valence-electron chi connectivity index (χ4n) is 2.70. The Kier molecular flexibility index (Phi) is 3.98. The first kappa shape index (κ1) is 14.8. The second kappa shape index (κ2) is 5.92. The van der Waals surface area contributed by atoms with Crippen LogP contribution in [0.2, 0.25) is 0 Å². The third kappa shape index (κ3) is 2.89. The number of carbonyl (C=O) groups is 2. The van der Waals surface area contributed by atoms with Gasteiger partial charge in [0.05, 0.1) is 6.42 Å². The molecule has 0 saturated carbocycles. The Balaban J connectivity index is 1.78. The van der Waals surface area contributed by atoms with Gasteiger partial charge in [0.2, 0.25) is 0 Å². The maximum Gasteiger partial charge on any atom is 0.305 e. The van der Waals surface area contributed by atoms with Crippen LogP contribution in [-0.2, 0) is 4.79 Å². The van der Waals surface area contributed by atoms with E-state index in [1.54, 1.807) is 10.3 Å². The summed E-state index contributed by atoms with van der Waals surface area (Å²) in [4.78, 5) is 29.4. The summed E-state index contributed by atoms with van der Waals surface area (Å²) in [5.41, 5.74) is 0.353. The highest BCUT2D eigenvalue weighted by Crippen LogP contribution is 2.28. The first-order valence-corrected chi connectivity index (χ1v) is 7.97.